The molecule has 0 atom stereocenters. The second-order valence-electron chi connectivity index (χ2n) is 3.96. The lowest BCUT2D eigenvalue weighted by Gasteiger charge is -2.14. The summed E-state index contributed by atoms with van der Waals surface area (Å²) in [4.78, 5) is 4.08. The fourth-order valence-corrected chi connectivity index (χ4v) is 1.78. The standard InChI is InChI=1S/C13H16N2O2/c16-8-12(9-17)15-7-11-3-1-2-10-6-14-5-4-13(10)11/h1-6,12,15-17H,7-9H2. The summed E-state index contributed by atoms with van der Waals surface area (Å²) in [7, 11) is 0. The van der Waals surface area contributed by atoms with E-state index in [1.165, 1.54) is 0 Å². The second-order valence-corrected chi connectivity index (χ2v) is 3.96. The highest BCUT2D eigenvalue weighted by Crippen LogP contribution is 2.17. The van der Waals surface area contributed by atoms with Gasteiger partial charge in [-0.1, -0.05) is 18.2 Å². The van der Waals surface area contributed by atoms with Gasteiger partial charge in [0.1, 0.15) is 0 Å². The van der Waals surface area contributed by atoms with Gasteiger partial charge in [0.25, 0.3) is 0 Å². The molecular formula is C13H16N2O2. The molecule has 2 rings (SSSR count). The fourth-order valence-electron chi connectivity index (χ4n) is 1.78. The van der Waals surface area contributed by atoms with Crippen molar-refractivity contribution in [2.75, 3.05) is 13.2 Å². The number of aromatic nitrogens is 1. The minimum atomic E-state index is -0.271. The van der Waals surface area contributed by atoms with Crippen LogP contribution >= 0.6 is 0 Å². The van der Waals surface area contributed by atoms with Gasteiger partial charge in [-0.2, -0.15) is 0 Å². The van der Waals surface area contributed by atoms with E-state index in [1.54, 1.807) is 6.20 Å². The molecule has 0 aliphatic rings. The largest absolute Gasteiger partial charge is 0.395 e. The molecule has 1 aromatic heterocycles. The summed E-state index contributed by atoms with van der Waals surface area (Å²) in [6.45, 7) is 0.485. The lowest BCUT2D eigenvalue weighted by Crippen LogP contribution is -2.35. The van der Waals surface area contributed by atoms with Gasteiger partial charge >= 0.3 is 0 Å². The number of aliphatic hydroxyl groups is 2. The molecule has 1 aromatic carbocycles. The summed E-state index contributed by atoms with van der Waals surface area (Å²) in [6, 6.07) is 7.72. The maximum absolute atomic E-state index is 8.98. The molecule has 0 bridgehead atoms. The van der Waals surface area contributed by atoms with Crippen LogP contribution in [0.2, 0.25) is 0 Å². The van der Waals surface area contributed by atoms with Gasteiger partial charge in [0.15, 0.2) is 0 Å². The molecule has 0 unspecified atom stereocenters. The third kappa shape index (κ3) is 2.79. The van der Waals surface area contributed by atoms with Crippen molar-refractivity contribution >= 4 is 10.8 Å². The number of pyridine rings is 1. The van der Waals surface area contributed by atoms with Crippen LogP contribution in [0.15, 0.2) is 36.7 Å². The molecule has 0 radical (unpaired) electrons. The van der Waals surface area contributed by atoms with Crippen molar-refractivity contribution < 1.29 is 10.2 Å². The Kier molecular flexibility index (Phi) is 4.03. The molecule has 1 heterocycles. The van der Waals surface area contributed by atoms with Gasteiger partial charge in [-0.3, -0.25) is 4.98 Å². The van der Waals surface area contributed by atoms with Crippen molar-refractivity contribution in [3.63, 3.8) is 0 Å². The van der Waals surface area contributed by atoms with Gasteiger partial charge in [-0.15, -0.1) is 0 Å². The maximum Gasteiger partial charge on any atom is 0.0607 e. The predicted molar refractivity (Wildman–Crippen MR) is 66.5 cm³/mol. The monoisotopic (exact) mass is 232 g/mol. The number of nitrogens with zero attached hydrogens (tertiary/aromatic N) is 1. The first-order valence-corrected chi connectivity index (χ1v) is 5.62. The zero-order chi connectivity index (χ0) is 12.1. The SMILES string of the molecule is OCC(CO)NCc1cccc2cnccc12. The summed E-state index contributed by atoms with van der Waals surface area (Å²) >= 11 is 0. The van der Waals surface area contributed by atoms with E-state index in [0.29, 0.717) is 6.54 Å². The molecular weight excluding hydrogens is 216 g/mol. The first-order valence-electron chi connectivity index (χ1n) is 5.62. The van der Waals surface area contributed by atoms with Crippen molar-refractivity contribution in [3.05, 3.63) is 42.2 Å². The van der Waals surface area contributed by atoms with Gasteiger partial charge in [0.05, 0.1) is 19.3 Å². The Morgan fingerprint density at radius 1 is 1.18 bits per heavy atom. The molecule has 4 nitrogen and oxygen atoms in total. The summed E-state index contributed by atoms with van der Waals surface area (Å²) < 4.78 is 0. The normalized spacial score (nSPS) is 11.2. The van der Waals surface area contributed by atoms with Crippen LogP contribution in [-0.2, 0) is 6.54 Å². The van der Waals surface area contributed by atoms with Gasteiger partial charge < -0.3 is 15.5 Å². The highest BCUT2D eigenvalue weighted by molar-refractivity contribution is 5.84. The molecule has 0 amide bonds. The van der Waals surface area contributed by atoms with E-state index < -0.39 is 0 Å². The molecule has 0 spiro atoms. The summed E-state index contributed by atoms with van der Waals surface area (Å²) in [5.41, 5.74) is 1.14. The third-order valence-corrected chi connectivity index (χ3v) is 2.79. The summed E-state index contributed by atoms with van der Waals surface area (Å²) in [5.74, 6) is 0. The average molecular weight is 232 g/mol. The zero-order valence-electron chi connectivity index (χ0n) is 9.50. The zero-order valence-corrected chi connectivity index (χ0v) is 9.50. The van der Waals surface area contributed by atoms with E-state index in [2.05, 4.69) is 10.3 Å². The quantitative estimate of drug-likeness (QED) is 0.709. The summed E-state index contributed by atoms with van der Waals surface area (Å²) in [6.07, 6.45) is 3.59. The Morgan fingerprint density at radius 3 is 2.76 bits per heavy atom. The topological polar surface area (TPSA) is 65.4 Å². The fraction of sp³-hybridized carbons (Fsp3) is 0.308. The molecule has 2 aromatic rings. The molecule has 0 aliphatic heterocycles. The Bertz CT molecular complexity index is 478. The van der Waals surface area contributed by atoms with E-state index >= 15 is 0 Å². The first kappa shape index (κ1) is 12.0. The predicted octanol–water partition coefficient (Wildman–Crippen LogP) is 0.678. The Balaban J connectivity index is 2.18. The number of benzene rings is 1. The van der Waals surface area contributed by atoms with E-state index in [0.717, 1.165) is 16.3 Å². The number of rotatable bonds is 5. The average Bonchev–Trinajstić information content (AvgIpc) is 2.40. The van der Waals surface area contributed by atoms with E-state index in [4.69, 9.17) is 10.2 Å². The van der Waals surface area contributed by atoms with E-state index in [1.807, 2.05) is 30.5 Å². The lowest BCUT2D eigenvalue weighted by molar-refractivity contribution is 0.170. The minimum absolute atomic E-state index is 0.0666. The van der Waals surface area contributed by atoms with Crippen LogP contribution in [0.4, 0.5) is 0 Å². The Morgan fingerprint density at radius 2 is 2.00 bits per heavy atom. The molecule has 4 heteroatoms. The summed E-state index contributed by atoms with van der Waals surface area (Å²) in [5, 5.41) is 23.3. The molecule has 17 heavy (non-hydrogen) atoms. The number of fused-ring (bicyclic) bond motifs is 1. The number of nitrogens with one attached hydrogen (secondary N) is 1. The second kappa shape index (κ2) is 5.72. The van der Waals surface area contributed by atoms with Crippen LogP contribution in [0.5, 0.6) is 0 Å². The van der Waals surface area contributed by atoms with Crippen LogP contribution in [0.3, 0.4) is 0 Å². The van der Waals surface area contributed by atoms with Gasteiger partial charge in [0, 0.05) is 24.3 Å². The van der Waals surface area contributed by atoms with Crippen molar-refractivity contribution in [3.8, 4) is 0 Å². The van der Waals surface area contributed by atoms with E-state index in [9.17, 15) is 0 Å². The molecule has 3 N–H and O–H groups in total. The van der Waals surface area contributed by atoms with Crippen molar-refractivity contribution in [2.24, 2.45) is 0 Å². The molecule has 0 aliphatic carbocycles. The maximum atomic E-state index is 8.98. The highest BCUT2D eigenvalue weighted by atomic mass is 16.3. The van der Waals surface area contributed by atoms with E-state index in [-0.39, 0.29) is 19.3 Å². The van der Waals surface area contributed by atoms with Gasteiger partial charge in [-0.25, -0.2) is 0 Å². The van der Waals surface area contributed by atoms with Crippen LogP contribution in [0.25, 0.3) is 10.8 Å². The third-order valence-electron chi connectivity index (χ3n) is 2.79. The molecule has 0 saturated heterocycles. The Hall–Kier alpha value is -1.49. The Labute approximate surface area is 99.9 Å². The molecule has 90 valence electrons. The lowest BCUT2D eigenvalue weighted by atomic mass is 10.1. The highest BCUT2D eigenvalue weighted by Gasteiger charge is 2.06. The van der Waals surface area contributed by atoms with Crippen molar-refractivity contribution in [1.29, 1.82) is 0 Å². The van der Waals surface area contributed by atoms with Crippen LogP contribution in [-0.4, -0.2) is 34.5 Å². The number of aliphatic hydroxyl groups excluding tert-OH is 2. The van der Waals surface area contributed by atoms with Crippen molar-refractivity contribution in [2.45, 2.75) is 12.6 Å². The number of hydrogen-bond donors (Lipinski definition) is 3. The van der Waals surface area contributed by atoms with Gasteiger partial charge in [0.2, 0.25) is 0 Å². The molecule has 0 fully saturated rings. The van der Waals surface area contributed by atoms with Crippen LogP contribution in [0, 0.1) is 0 Å². The van der Waals surface area contributed by atoms with Crippen LogP contribution in [0.1, 0.15) is 5.56 Å². The molecule has 0 saturated carbocycles. The van der Waals surface area contributed by atoms with Crippen LogP contribution < -0.4 is 5.32 Å². The van der Waals surface area contributed by atoms with Gasteiger partial charge in [-0.05, 0) is 17.0 Å². The smallest absolute Gasteiger partial charge is 0.0607 e. The van der Waals surface area contributed by atoms with Crippen molar-refractivity contribution in [1.82, 2.24) is 10.3 Å². The first-order chi connectivity index (χ1) is 8.35. The minimum Gasteiger partial charge on any atom is -0.395 e. The number of hydrogen-bond acceptors (Lipinski definition) is 4.